The Morgan fingerprint density at radius 3 is 2.46 bits per heavy atom. The average Bonchev–Trinajstić information content (AvgIpc) is 3.29. The molecule has 1 atom stereocenters. The maximum Gasteiger partial charge on any atom is 0.416 e. The largest absolute Gasteiger partial charge is 0.494 e. The number of unbranched alkanes of at least 4 members (excludes halogenated alkanes) is 1. The number of halogens is 2. The normalized spacial score (nSPS) is 15.0. The second kappa shape index (κ2) is 12.3. The summed E-state index contributed by atoms with van der Waals surface area (Å²) in [6.45, 7) is 6.45. The molecule has 0 fully saturated rings. The second-order valence-corrected chi connectivity index (χ2v) is 11.0. The lowest BCUT2D eigenvalue weighted by molar-refractivity contribution is 0.135. The summed E-state index contributed by atoms with van der Waals surface area (Å²) in [5, 5.41) is 5.78. The van der Waals surface area contributed by atoms with E-state index in [0.717, 1.165) is 47.3 Å². The van der Waals surface area contributed by atoms with Crippen molar-refractivity contribution >= 4 is 40.2 Å². The van der Waals surface area contributed by atoms with Crippen molar-refractivity contribution in [2.45, 2.75) is 45.2 Å². The molecular formula is C31H33Cl2N3O3. The van der Waals surface area contributed by atoms with Gasteiger partial charge in [0.25, 0.3) is 0 Å². The SMILES string of the molecule is CC(C)NCCCCOc1ccc(C2c3[nH]c4ccc(Cl)cc4c3CCN2C(=O)Oc2ccc(Cl)cc2)cc1. The van der Waals surface area contributed by atoms with Crippen LogP contribution in [0.2, 0.25) is 10.0 Å². The van der Waals surface area contributed by atoms with Crippen LogP contribution in [0.15, 0.2) is 66.7 Å². The summed E-state index contributed by atoms with van der Waals surface area (Å²) < 4.78 is 11.7. The van der Waals surface area contributed by atoms with Crippen molar-refractivity contribution in [3.05, 3.63) is 93.6 Å². The first-order valence-electron chi connectivity index (χ1n) is 13.4. The predicted octanol–water partition coefficient (Wildman–Crippen LogP) is 7.78. The van der Waals surface area contributed by atoms with Gasteiger partial charge in [0.2, 0.25) is 0 Å². The van der Waals surface area contributed by atoms with E-state index in [1.165, 1.54) is 5.56 Å². The lowest BCUT2D eigenvalue weighted by Gasteiger charge is -2.35. The Morgan fingerprint density at radius 1 is 1.00 bits per heavy atom. The van der Waals surface area contributed by atoms with Gasteiger partial charge in [-0.2, -0.15) is 0 Å². The number of carbonyl (C=O) groups excluding carboxylic acids is 1. The minimum Gasteiger partial charge on any atom is -0.494 e. The predicted molar refractivity (Wildman–Crippen MR) is 157 cm³/mol. The number of benzene rings is 3. The van der Waals surface area contributed by atoms with Gasteiger partial charge in [0.1, 0.15) is 17.5 Å². The molecule has 3 aromatic carbocycles. The highest BCUT2D eigenvalue weighted by molar-refractivity contribution is 6.31. The maximum absolute atomic E-state index is 13.5. The Morgan fingerprint density at radius 2 is 1.72 bits per heavy atom. The van der Waals surface area contributed by atoms with E-state index < -0.39 is 6.09 Å². The third-order valence-corrected chi connectivity index (χ3v) is 7.42. The van der Waals surface area contributed by atoms with Crippen LogP contribution in [0, 0.1) is 0 Å². The molecule has 8 heteroatoms. The van der Waals surface area contributed by atoms with Crippen molar-refractivity contribution < 1.29 is 14.3 Å². The molecule has 39 heavy (non-hydrogen) atoms. The van der Waals surface area contributed by atoms with Crippen LogP contribution >= 0.6 is 23.2 Å². The Hall–Kier alpha value is -3.19. The molecule has 2 heterocycles. The third kappa shape index (κ3) is 6.52. The van der Waals surface area contributed by atoms with Crippen LogP contribution < -0.4 is 14.8 Å². The molecule has 2 N–H and O–H groups in total. The Labute approximate surface area is 239 Å². The van der Waals surface area contributed by atoms with Crippen LogP contribution in [-0.2, 0) is 6.42 Å². The highest BCUT2D eigenvalue weighted by atomic mass is 35.5. The molecule has 1 amide bonds. The molecule has 0 aliphatic carbocycles. The number of nitrogens with one attached hydrogen (secondary N) is 2. The number of hydrogen-bond acceptors (Lipinski definition) is 4. The lowest BCUT2D eigenvalue weighted by Crippen LogP contribution is -2.42. The van der Waals surface area contributed by atoms with Gasteiger partial charge in [-0.05, 0) is 91.5 Å². The summed E-state index contributed by atoms with van der Waals surface area (Å²) in [6, 6.07) is 20.8. The number of carbonyl (C=O) groups is 1. The van der Waals surface area contributed by atoms with E-state index in [1.54, 1.807) is 29.2 Å². The number of aromatic nitrogens is 1. The van der Waals surface area contributed by atoms with Crippen LogP contribution in [0.3, 0.4) is 0 Å². The molecule has 4 aromatic rings. The van der Waals surface area contributed by atoms with Gasteiger partial charge in [0.05, 0.1) is 6.61 Å². The average molecular weight is 567 g/mol. The number of rotatable bonds is 9. The Kier molecular flexibility index (Phi) is 8.66. The fourth-order valence-electron chi connectivity index (χ4n) is 5.02. The minimum absolute atomic E-state index is 0.351. The zero-order chi connectivity index (χ0) is 27.4. The van der Waals surface area contributed by atoms with Gasteiger partial charge in [-0.1, -0.05) is 49.2 Å². The minimum atomic E-state index is -0.417. The molecule has 0 radical (unpaired) electrons. The first kappa shape index (κ1) is 27.4. The van der Waals surface area contributed by atoms with Crippen LogP contribution in [-0.4, -0.2) is 41.7 Å². The van der Waals surface area contributed by atoms with Crippen LogP contribution in [0.5, 0.6) is 11.5 Å². The van der Waals surface area contributed by atoms with E-state index in [9.17, 15) is 4.79 Å². The van der Waals surface area contributed by atoms with Crippen molar-refractivity contribution in [1.82, 2.24) is 15.2 Å². The summed E-state index contributed by atoms with van der Waals surface area (Å²) in [4.78, 5) is 18.8. The van der Waals surface area contributed by atoms with Crippen molar-refractivity contribution in [1.29, 1.82) is 0 Å². The van der Waals surface area contributed by atoms with Crippen molar-refractivity contribution in [3.63, 3.8) is 0 Å². The molecular weight excluding hydrogens is 533 g/mol. The smallest absolute Gasteiger partial charge is 0.416 e. The molecule has 5 rings (SSSR count). The van der Waals surface area contributed by atoms with Gasteiger partial charge >= 0.3 is 6.09 Å². The van der Waals surface area contributed by atoms with E-state index in [-0.39, 0.29) is 6.04 Å². The van der Waals surface area contributed by atoms with Crippen molar-refractivity contribution in [3.8, 4) is 11.5 Å². The lowest BCUT2D eigenvalue weighted by atomic mass is 9.92. The van der Waals surface area contributed by atoms with Gasteiger partial charge in [-0.3, -0.25) is 4.90 Å². The Balaban J connectivity index is 1.38. The van der Waals surface area contributed by atoms with Crippen LogP contribution in [0.25, 0.3) is 10.9 Å². The molecule has 204 valence electrons. The first-order chi connectivity index (χ1) is 18.9. The molecule has 0 spiro atoms. The van der Waals surface area contributed by atoms with E-state index in [4.69, 9.17) is 32.7 Å². The topological polar surface area (TPSA) is 66.6 Å². The second-order valence-electron chi connectivity index (χ2n) is 10.1. The number of hydrogen-bond donors (Lipinski definition) is 2. The number of ether oxygens (including phenoxy) is 2. The third-order valence-electron chi connectivity index (χ3n) is 6.93. The molecule has 0 saturated heterocycles. The number of amides is 1. The number of fused-ring (bicyclic) bond motifs is 3. The molecule has 0 saturated carbocycles. The van der Waals surface area contributed by atoms with Gasteiger partial charge in [0, 0.05) is 39.2 Å². The first-order valence-corrected chi connectivity index (χ1v) is 14.1. The van der Waals surface area contributed by atoms with Crippen molar-refractivity contribution in [2.75, 3.05) is 19.7 Å². The van der Waals surface area contributed by atoms with Gasteiger partial charge in [-0.15, -0.1) is 0 Å². The van der Waals surface area contributed by atoms with E-state index >= 15 is 0 Å². The number of H-pyrrole nitrogens is 1. The fourth-order valence-corrected chi connectivity index (χ4v) is 5.32. The van der Waals surface area contributed by atoms with Crippen LogP contribution in [0.4, 0.5) is 4.79 Å². The summed E-state index contributed by atoms with van der Waals surface area (Å²) in [7, 11) is 0. The summed E-state index contributed by atoms with van der Waals surface area (Å²) >= 11 is 12.3. The molecule has 6 nitrogen and oxygen atoms in total. The van der Waals surface area contributed by atoms with Gasteiger partial charge < -0.3 is 19.8 Å². The summed E-state index contributed by atoms with van der Waals surface area (Å²) in [6.07, 6.45) is 2.32. The van der Waals surface area contributed by atoms with Gasteiger partial charge in [-0.25, -0.2) is 4.79 Å². The zero-order valence-corrected chi connectivity index (χ0v) is 23.7. The standard InChI is InChI=1S/C31H33Cl2N3O3/c1-20(2)34-16-3-4-18-38-24-10-5-21(6-11-24)30-29-26(27-19-23(33)9-14-28(27)35-29)15-17-36(30)31(37)39-25-12-7-22(32)8-13-25/h5-14,19-20,30,34-35H,3-4,15-18H2,1-2H3. The maximum atomic E-state index is 13.5. The number of nitrogens with zero attached hydrogens (tertiary/aromatic N) is 1. The van der Waals surface area contributed by atoms with E-state index in [2.05, 4.69) is 24.1 Å². The monoisotopic (exact) mass is 565 g/mol. The van der Waals surface area contributed by atoms with Gasteiger partial charge in [0.15, 0.2) is 0 Å². The molecule has 0 bridgehead atoms. The van der Waals surface area contributed by atoms with Crippen LogP contribution in [0.1, 0.15) is 49.6 Å². The highest BCUT2D eigenvalue weighted by Crippen LogP contribution is 2.40. The molecule has 1 unspecified atom stereocenters. The number of aromatic amines is 1. The molecule has 1 aliphatic heterocycles. The Bertz CT molecular complexity index is 1420. The highest BCUT2D eigenvalue weighted by Gasteiger charge is 2.35. The fraction of sp³-hybridized carbons (Fsp3) is 0.323. The van der Waals surface area contributed by atoms with Crippen molar-refractivity contribution in [2.24, 2.45) is 0 Å². The molecule has 1 aliphatic rings. The summed E-state index contributed by atoms with van der Waals surface area (Å²) in [5.41, 5.74) is 4.10. The summed E-state index contributed by atoms with van der Waals surface area (Å²) in [5.74, 6) is 1.26. The zero-order valence-electron chi connectivity index (χ0n) is 22.2. The quantitative estimate of drug-likeness (QED) is 0.203. The molecule has 1 aromatic heterocycles. The van der Waals surface area contributed by atoms with E-state index in [0.29, 0.717) is 41.4 Å². The van der Waals surface area contributed by atoms with E-state index in [1.807, 2.05) is 42.5 Å².